The number of nitrogens with zero attached hydrogens (tertiary/aromatic N) is 3. The molecule has 7 heteroatoms. The van der Waals surface area contributed by atoms with Crippen LogP contribution in [0.4, 0.5) is 0 Å². The third-order valence-corrected chi connectivity index (χ3v) is 3.09. The number of benzene rings is 1. The lowest BCUT2D eigenvalue weighted by molar-refractivity contribution is 0.0945. The van der Waals surface area contributed by atoms with Gasteiger partial charge in [-0.05, 0) is 33.0 Å². The molecule has 2 rings (SSSR count). The van der Waals surface area contributed by atoms with Crippen molar-refractivity contribution in [3.05, 3.63) is 41.7 Å². The first-order valence-corrected chi connectivity index (χ1v) is 6.55. The van der Waals surface area contributed by atoms with Gasteiger partial charge in [-0.15, -0.1) is 17.5 Å². The number of aromatic nitrogens is 3. The van der Waals surface area contributed by atoms with Crippen molar-refractivity contribution in [1.82, 2.24) is 25.6 Å². The Morgan fingerprint density at radius 1 is 1.33 bits per heavy atom. The van der Waals surface area contributed by atoms with Gasteiger partial charge in [0.15, 0.2) is 5.69 Å². The molecule has 0 radical (unpaired) electrons. The zero-order valence-electron chi connectivity index (χ0n) is 12.3. The highest BCUT2D eigenvalue weighted by atomic mass is 35.5. The predicted molar refractivity (Wildman–Crippen MR) is 84.2 cm³/mol. The van der Waals surface area contributed by atoms with E-state index >= 15 is 0 Å². The van der Waals surface area contributed by atoms with Crippen LogP contribution >= 0.6 is 12.4 Å². The molecule has 0 aliphatic heterocycles. The molecule has 2 aromatic rings. The third-order valence-electron chi connectivity index (χ3n) is 3.09. The Kier molecular flexibility index (Phi) is 6.33. The van der Waals surface area contributed by atoms with Crippen molar-refractivity contribution < 1.29 is 4.79 Å². The Morgan fingerprint density at radius 2 is 2.00 bits per heavy atom. The lowest BCUT2D eigenvalue weighted by atomic mass is 10.2. The number of rotatable bonds is 5. The van der Waals surface area contributed by atoms with Gasteiger partial charge in [0.1, 0.15) is 0 Å². The normalized spacial score (nSPS) is 11.6. The largest absolute Gasteiger partial charge is 0.349 e. The van der Waals surface area contributed by atoms with E-state index in [0.717, 1.165) is 5.69 Å². The lowest BCUT2D eigenvalue weighted by Crippen LogP contribution is -2.37. The molecular weight excluding hydrogens is 290 g/mol. The number of aryl methyl sites for hydroxylation is 1. The van der Waals surface area contributed by atoms with Gasteiger partial charge in [0.25, 0.3) is 5.91 Å². The van der Waals surface area contributed by atoms with Gasteiger partial charge >= 0.3 is 0 Å². The van der Waals surface area contributed by atoms with Crippen molar-refractivity contribution in [3.63, 3.8) is 0 Å². The first-order valence-electron chi connectivity index (χ1n) is 6.55. The van der Waals surface area contributed by atoms with Crippen LogP contribution in [-0.2, 0) is 0 Å². The number of carbonyl (C=O) groups is 1. The number of hydrogen-bond acceptors (Lipinski definition) is 4. The van der Waals surface area contributed by atoms with Crippen LogP contribution in [-0.4, -0.2) is 40.5 Å². The van der Waals surface area contributed by atoms with Crippen molar-refractivity contribution in [3.8, 4) is 5.69 Å². The van der Waals surface area contributed by atoms with Gasteiger partial charge in [0.2, 0.25) is 0 Å². The lowest BCUT2D eigenvalue weighted by Gasteiger charge is -2.09. The molecule has 0 saturated carbocycles. The van der Waals surface area contributed by atoms with E-state index in [1.807, 2.05) is 45.2 Å². The molecule has 1 atom stereocenters. The van der Waals surface area contributed by atoms with E-state index in [-0.39, 0.29) is 24.4 Å². The minimum atomic E-state index is -0.217. The Morgan fingerprint density at radius 3 is 2.62 bits per heavy atom. The third kappa shape index (κ3) is 4.54. The van der Waals surface area contributed by atoms with Crippen LogP contribution < -0.4 is 10.6 Å². The van der Waals surface area contributed by atoms with Gasteiger partial charge in [-0.2, -0.15) is 0 Å². The van der Waals surface area contributed by atoms with Gasteiger partial charge < -0.3 is 10.6 Å². The van der Waals surface area contributed by atoms with Gasteiger partial charge in [-0.25, -0.2) is 4.68 Å². The summed E-state index contributed by atoms with van der Waals surface area (Å²) in [6.07, 6.45) is 1.63. The highest BCUT2D eigenvalue weighted by molar-refractivity contribution is 5.91. The van der Waals surface area contributed by atoms with Crippen LogP contribution in [0.15, 0.2) is 30.5 Å². The van der Waals surface area contributed by atoms with E-state index < -0.39 is 0 Å². The molecule has 1 heterocycles. The van der Waals surface area contributed by atoms with E-state index in [2.05, 4.69) is 20.9 Å². The minimum absolute atomic E-state index is 0. The fraction of sp³-hybridized carbons (Fsp3) is 0.357. The number of carbonyl (C=O) groups excluding carboxylic acids is 1. The maximum absolute atomic E-state index is 11.9. The molecule has 2 N–H and O–H groups in total. The van der Waals surface area contributed by atoms with Crippen molar-refractivity contribution >= 4 is 18.3 Å². The summed E-state index contributed by atoms with van der Waals surface area (Å²) in [6, 6.07) is 8.08. The summed E-state index contributed by atoms with van der Waals surface area (Å²) in [5.41, 5.74) is 2.37. The molecule has 21 heavy (non-hydrogen) atoms. The molecule has 0 saturated heterocycles. The van der Waals surface area contributed by atoms with Crippen LogP contribution in [0.3, 0.4) is 0 Å². The van der Waals surface area contributed by atoms with E-state index in [1.54, 1.807) is 10.9 Å². The topological polar surface area (TPSA) is 71.8 Å². The molecule has 0 aliphatic carbocycles. The number of hydrogen-bond donors (Lipinski definition) is 2. The monoisotopic (exact) mass is 309 g/mol. The maximum Gasteiger partial charge on any atom is 0.273 e. The number of halogens is 1. The summed E-state index contributed by atoms with van der Waals surface area (Å²) in [5.74, 6) is -0.217. The Labute approximate surface area is 130 Å². The van der Waals surface area contributed by atoms with E-state index in [0.29, 0.717) is 12.2 Å². The molecule has 1 amide bonds. The summed E-state index contributed by atoms with van der Waals surface area (Å²) in [5, 5.41) is 13.7. The fourth-order valence-electron chi connectivity index (χ4n) is 1.63. The first-order chi connectivity index (χ1) is 9.60. The Hall–Kier alpha value is -1.92. The predicted octanol–water partition coefficient (Wildman–Crippen LogP) is 1.34. The zero-order valence-corrected chi connectivity index (χ0v) is 13.1. The van der Waals surface area contributed by atoms with Gasteiger partial charge in [-0.1, -0.05) is 22.9 Å². The maximum atomic E-state index is 11.9. The van der Waals surface area contributed by atoms with Crippen LogP contribution in [0, 0.1) is 6.92 Å². The van der Waals surface area contributed by atoms with Gasteiger partial charge in [0, 0.05) is 12.6 Å². The van der Waals surface area contributed by atoms with Crippen molar-refractivity contribution in [2.45, 2.75) is 19.9 Å². The van der Waals surface area contributed by atoms with Crippen LogP contribution in [0.25, 0.3) is 5.69 Å². The minimum Gasteiger partial charge on any atom is -0.349 e. The summed E-state index contributed by atoms with van der Waals surface area (Å²) in [7, 11) is 1.85. The second-order valence-electron chi connectivity index (χ2n) is 4.78. The molecule has 114 valence electrons. The fourth-order valence-corrected chi connectivity index (χ4v) is 1.63. The van der Waals surface area contributed by atoms with Gasteiger partial charge in [0.05, 0.1) is 11.9 Å². The molecule has 0 bridgehead atoms. The Bertz CT molecular complexity index is 581. The summed E-state index contributed by atoms with van der Waals surface area (Å²) < 4.78 is 1.59. The summed E-state index contributed by atoms with van der Waals surface area (Å²) in [6.45, 7) is 4.56. The molecule has 1 unspecified atom stereocenters. The second-order valence-corrected chi connectivity index (χ2v) is 4.78. The quantitative estimate of drug-likeness (QED) is 0.874. The zero-order chi connectivity index (χ0) is 14.5. The van der Waals surface area contributed by atoms with Crippen LogP contribution in [0.5, 0.6) is 0 Å². The molecule has 6 nitrogen and oxygen atoms in total. The van der Waals surface area contributed by atoms with Crippen molar-refractivity contribution in [2.75, 3.05) is 13.6 Å². The average Bonchev–Trinajstić information content (AvgIpc) is 2.95. The van der Waals surface area contributed by atoms with E-state index in [4.69, 9.17) is 0 Å². The second kappa shape index (κ2) is 7.75. The van der Waals surface area contributed by atoms with Crippen LogP contribution in [0.2, 0.25) is 0 Å². The van der Waals surface area contributed by atoms with E-state index in [1.165, 1.54) is 5.56 Å². The molecule has 1 aromatic heterocycles. The highest BCUT2D eigenvalue weighted by Gasteiger charge is 2.11. The highest BCUT2D eigenvalue weighted by Crippen LogP contribution is 2.08. The number of amides is 1. The number of nitrogens with one attached hydrogen (secondary N) is 2. The molecule has 0 spiro atoms. The summed E-state index contributed by atoms with van der Waals surface area (Å²) in [4.78, 5) is 11.9. The number of likely N-dealkylation sites (N-methyl/N-ethyl adjacent to an activating group) is 1. The van der Waals surface area contributed by atoms with Crippen molar-refractivity contribution in [2.24, 2.45) is 0 Å². The SMILES string of the molecule is CNC(C)CNC(=O)c1cn(-c2ccc(C)cc2)nn1.Cl. The smallest absolute Gasteiger partial charge is 0.273 e. The van der Waals surface area contributed by atoms with E-state index in [9.17, 15) is 4.79 Å². The standard InChI is InChI=1S/C14H19N5O.ClH/c1-10-4-6-12(7-5-10)19-9-13(17-18-19)14(20)16-8-11(2)15-3;/h4-7,9,11,15H,8H2,1-3H3,(H,16,20);1H. The molecular formula is C14H20ClN5O. The molecule has 0 fully saturated rings. The summed E-state index contributed by atoms with van der Waals surface area (Å²) >= 11 is 0. The van der Waals surface area contributed by atoms with Crippen LogP contribution in [0.1, 0.15) is 23.0 Å². The molecule has 0 aliphatic rings. The average molecular weight is 310 g/mol. The Balaban J connectivity index is 0.00000220. The van der Waals surface area contributed by atoms with Crippen molar-refractivity contribution in [1.29, 1.82) is 0 Å². The molecule has 1 aromatic carbocycles. The first kappa shape index (κ1) is 17.1. The van der Waals surface area contributed by atoms with Gasteiger partial charge in [-0.3, -0.25) is 4.79 Å².